The second-order valence-corrected chi connectivity index (χ2v) is 3.88. The average molecular weight is 340 g/mol. The van der Waals surface area contributed by atoms with Gasteiger partial charge in [0.2, 0.25) is 0 Å². The third-order valence-electron chi connectivity index (χ3n) is 2.29. The molecular formula is C11H12ClF6NO2. The van der Waals surface area contributed by atoms with Crippen LogP contribution in [0, 0.1) is 0 Å². The summed E-state index contributed by atoms with van der Waals surface area (Å²) >= 11 is 0. The van der Waals surface area contributed by atoms with Gasteiger partial charge in [-0.3, -0.25) is 0 Å². The third-order valence-corrected chi connectivity index (χ3v) is 2.29. The van der Waals surface area contributed by atoms with Crippen LogP contribution in [-0.4, -0.2) is 19.6 Å². The lowest BCUT2D eigenvalue weighted by molar-refractivity contribution is -0.274. The Morgan fingerprint density at radius 1 is 1.14 bits per heavy atom. The van der Waals surface area contributed by atoms with Crippen LogP contribution in [0.25, 0.3) is 0 Å². The van der Waals surface area contributed by atoms with E-state index in [-0.39, 0.29) is 23.7 Å². The first-order valence-corrected chi connectivity index (χ1v) is 5.28. The van der Waals surface area contributed by atoms with E-state index in [1.54, 1.807) is 0 Å². The number of methoxy groups -OCH3 is 1. The molecule has 1 aromatic rings. The molecule has 0 fully saturated rings. The number of ether oxygens (including phenoxy) is 2. The molecule has 0 aliphatic rings. The summed E-state index contributed by atoms with van der Waals surface area (Å²) < 4.78 is 81.4. The molecule has 0 amide bonds. The molecule has 21 heavy (non-hydrogen) atoms. The van der Waals surface area contributed by atoms with Gasteiger partial charge in [-0.15, -0.1) is 25.6 Å². The van der Waals surface area contributed by atoms with Crippen molar-refractivity contribution in [3.8, 4) is 11.5 Å². The number of hydrogen-bond donors (Lipinski definition) is 1. The van der Waals surface area contributed by atoms with Gasteiger partial charge in [-0.05, 0) is 18.2 Å². The molecule has 1 atom stereocenters. The van der Waals surface area contributed by atoms with Gasteiger partial charge in [-0.2, -0.15) is 13.2 Å². The van der Waals surface area contributed by atoms with Crippen molar-refractivity contribution in [3.63, 3.8) is 0 Å². The van der Waals surface area contributed by atoms with Crippen LogP contribution in [0.5, 0.6) is 11.5 Å². The minimum Gasteiger partial charge on any atom is -0.496 e. The first kappa shape index (κ1) is 19.7. The molecule has 0 saturated heterocycles. The van der Waals surface area contributed by atoms with Crippen molar-refractivity contribution < 1.29 is 35.8 Å². The molecule has 0 spiro atoms. The molecule has 0 aromatic heterocycles. The Kier molecular flexibility index (Phi) is 6.62. The number of halogens is 7. The van der Waals surface area contributed by atoms with Gasteiger partial charge in [0.05, 0.1) is 13.5 Å². The highest BCUT2D eigenvalue weighted by Gasteiger charge is 2.34. The summed E-state index contributed by atoms with van der Waals surface area (Å²) in [5.74, 6) is -0.706. The first-order chi connectivity index (χ1) is 9.02. The highest BCUT2D eigenvalue weighted by Crippen LogP contribution is 2.35. The van der Waals surface area contributed by atoms with Crippen LogP contribution in [0.4, 0.5) is 26.3 Å². The van der Waals surface area contributed by atoms with E-state index in [1.807, 2.05) is 0 Å². The molecule has 1 rings (SSSR count). The van der Waals surface area contributed by atoms with Crippen LogP contribution >= 0.6 is 12.4 Å². The maximum absolute atomic E-state index is 12.3. The number of rotatable bonds is 4. The fraction of sp³-hybridized carbons (Fsp3) is 0.455. The highest BCUT2D eigenvalue weighted by molar-refractivity contribution is 5.85. The standard InChI is InChI=1S/C11H11F6NO2.ClH/c1-19-9-3-2-6(20-11(15,16)17)4-7(9)8(18)5-10(12,13)14;/h2-4,8H,5,18H2,1H3;1H/t8-;/m0./s1. The number of nitrogens with two attached hydrogens (primary N) is 1. The second kappa shape index (κ2) is 7.08. The summed E-state index contributed by atoms with van der Waals surface area (Å²) in [5.41, 5.74) is 5.14. The van der Waals surface area contributed by atoms with Crippen molar-refractivity contribution in [2.75, 3.05) is 7.11 Å². The van der Waals surface area contributed by atoms with E-state index in [4.69, 9.17) is 10.5 Å². The molecule has 0 aliphatic carbocycles. The van der Waals surface area contributed by atoms with E-state index in [9.17, 15) is 26.3 Å². The fourth-order valence-corrected chi connectivity index (χ4v) is 1.56. The van der Waals surface area contributed by atoms with Crippen molar-refractivity contribution in [1.82, 2.24) is 0 Å². The Morgan fingerprint density at radius 2 is 1.71 bits per heavy atom. The molecule has 0 saturated carbocycles. The summed E-state index contributed by atoms with van der Waals surface area (Å²) in [4.78, 5) is 0. The van der Waals surface area contributed by atoms with Gasteiger partial charge >= 0.3 is 12.5 Å². The van der Waals surface area contributed by atoms with Crippen LogP contribution in [0.15, 0.2) is 18.2 Å². The van der Waals surface area contributed by atoms with Crippen molar-refractivity contribution in [2.24, 2.45) is 5.73 Å². The Morgan fingerprint density at radius 3 is 2.14 bits per heavy atom. The van der Waals surface area contributed by atoms with Crippen molar-refractivity contribution in [3.05, 3.63) is 23.8 Å². The van der Waals surface area contributed by atoms with Crippen LogP contribution in [0.2, 0.25) is 0 Å². The monoisotopic (exact) mass is 339 g/mol. The van der Waals surface area contributed by atoms with Gasteiger partial charge in [0, 0.05) is 11.6 Å². The van der Waals surface area contributed by atoms with Gasteiger partial charge in [0.25, 0.3) is 0 Å². The molecular weight excluding hydrogens is 328 g/mol. The number of hydrogen-bond acceptors (Lipinski definition) is 3. The van der Waals surface area contributed by atoms with Crippen LogP contribution in [0.1, 0.15) is 18.0 Å². The Balaban J connectivity index is 0.00000400. The summed E-state index contributed by atoms with van der Waals surface area (Å²) in [6.45, 7) is 0. The van der Waals surface area contributed by atoms with Gasteiger partial charge in [0.15, 0.2) is 0 Å². The maximum atomic E-state index is 12.3. The van der Waals surface area contributed by atoms with Crippen molar-refractivity contribution in [1.29, 1.82) is 0 Å². The maximum Gasteiger partial charge on any atom is 0.573 e. The van der Waals surface area contributed by atoms with E-state index < -0.39 is 30.8 Å². The highest BCUT2D eigenvalue weighted by atomic mass is 35.5. The molecule has 3 nitrogen and oxygen atoms in total. The number of alkyl halides is 6. The lowest BCUT2D eigenvalue weighted by Crippen LogP contribution is -2.21. The Bertz CT molecular complexity index is 463. The van der Waals surface area contributed by atoms with Crippen LogP contribution in [-0.2, 0) is 0 Å². The van der Waals surface area contributed by atoms with E-state index in [0.717, 1.165) is 18.2 Å². The Hall–Kier alpha value is -1.35. The second-order valence-electron chi connectivity index (χ2n) is 3.88. The zero-order chi connectivity index (χ0) is 15.6. The quantitative estimate of drug-likeness (QED) is 0.844. The molecule has 0 bridgehead atoms. The molecule has 0 radical (unpaired) electrons. The summed E-state index contributed by atoms with van der Waals surface area (Å²) in [6, 6.07) is 1.22. The SMILES string of the molecule is COc1ccc(OC(F)(F)F)cc1[C@@H](N)CC(F)(F)F.Cl. The summed E-state index contributed by atoms with van der Waals surface area (Å²) in [6.07, 6.45) is -10.9. The smallest absolute Gasteiger partial charge is 0.496 e. The van der Waals surface area contributed by atoms with Crippen molar-refractivity contribution >= 4 is 12.4 Å². The van der Waals surface area contributed by atoms with Gasteiger partial charge in [-0.1, -0.05) is 0 Å². The average Bonchev–Trinajstić information content (AvgIpc) is 2.24. The van der Waals surface area contributed by atoms with Gasteiger partial charge in [-0.25, -0.2) is 0 Å². The number of benzene rings is 1. The lowest BCUT2D eigenvalue weighted by atomic mass is 10.0. The molecule has 0 aliphatic heterocycles. The minimum absolute atomic E-state index is 0. The molecule has 122 valence electrons. The largest absolute Gasteiger partial charge is 0.573 e. The molecule has 10 heteroatoms. The lowest BCUT2D eigenvalue weighted by Gasteiger charge is -2.18. The van der Waals surface area contributed by atoms with Gasteiger partial charge in [0.1, 0.15) is 11.5 Å². The first-order valence-electron chi connectivity index (χ1n) is 5.28. The molecule has 0 unspecified atom stereocenters. The predicted molar refractivity (Wildman–Crippen MR) is 64.5 cm³/mol. The normalized spacial score (nSPS) is 13.3. The molecule has 2 N–H and O–H groups in total. The summed E-state index contributed by atoms with van der Waals surface area (Å²) in [5, 5.41) is 0. The predicted octanol–water partition coefficient (Wildman–Crippen LogP) is 3.97. The van der Waals surface area contributed by atoms with Gasteiger partial charge < -0.3 is 15.2 Å². The van der Waals surface area contributed by atoms with E-state index in [2.05, 4.69) is 4.74 Å². The third kappa shape index (κ3) is 6.76. The zero-order valence-corrected chi connectivity index (χ0v) is 11.4. The molecule has 1 aromatic carbocycles. The van der Waals surface area contributed by atoms with Crippen LogP contribution < -0.4 is 15.2 Å². The summed E-state index contributed by atoms with van der Waals surface area (Å²) in [7, 11) is 1.17. The van der Waals surface area contributed by atoms with E-state index in [1.165, 1.54) is 7.11 Å². The van der Waals surface area contributed by atoms with E-state index in [0.29, 0.717) is 0 Å². The van der Waals surface area contributed by atoms with E-state index >= 15 is 0 Å². The van der Waals surface area contributed by atoms with Crippen molar-refractivity contribution in [2.45, 2.75) is 25.0 Å². The fourth-order valence-electron chi connectivity index (χ4n) is 1.56. The Labute approximate surface area is 122 Å². The minimum atomic E-state index is -4.94. The topological polar surface area (TPSA) is 44.5 Å². The van der Waals surface area contributed by atoms with Crippen LogP contribution in [0.3, 0.4) is 0 Å². The zero-order valence-electron chi connectivity index (χ0n) is 10.6. The molecule has 0 heterocycles.